The summed E-state index contributed by atoms with van der Waals surface area (Å²) in [6, 6.07) is 0. The normalized spacial score (nSPS) is 11.5. The first-order chi connectivity index (χ1) is 6.90. The van der Waals surface area contributed by atoms with Crippen LogP contribution in [0.2, 0.25) is 0 Å². The van der Waals surface area contributed by atoms with Crippen LogP contribution in [0.3, 0.4) is 0 Å². The van der Waals surface area contributed by atoms with Gasteiger partial charge in [-0.15, -0.1) is 0 Å². The lowest BCUT2D eigenvalue weighted by Gasteiger charge is -2.33. The van der Waals surface area contributed by atoms with E-state index in [9.17, 15) is 4.79 Å². The van der Waals surface area contributed by atoms with Crippen molar-refractivity contribution in [3.05, 3.63) is 17.8 Å². The number of alkyl halides is 1. The third kappa shape index (κ3) is 2.40. The van der Waals surface area contributed by atoms with Gasteiger partial charge in [-0.1, -0.05) is 15.9 Å². The van der Waals surface area contributed by atoms with Gasteiger partial charge in [0.1, 0.15) is 0 Å². The van der Waals surface area contributed by atoms with Crippen LogP contribution in [-0.4, -0.2) is 33.7 Å². The van der Waals surface area contributed by atoms with Gasteiger partial charge in [-0.2, -0.15) is 0 Å². The molecule has 0 aromatic carbocycles. The lowest BCUT2D eigenvalue weighted by atomic mass is 10.1. The molecule has 1 rings (SSSR count). The largest absolute Gasteiger partial charge is 0.438 e. The number of carbonyl (C=O) groups is 1. The van der Waals surface area contributed by atoms with Gasteiger partial charge in [0.05, 0.1) is 5.69 Å². The lowest BCUT2D eigenvalue weighted by molar-refractivity contribution is 0.0630. The summed E-state index contributed by atoms with van der Waals surface area (Å²) < 4.78 is 5.07. The van der Waals surface area contributed by atoms with E-state index in [0.29, 0.717) is 16.8 Å². The molecule has 15 heavy (non-hydrogen) atoms. The monoisotopic (exact) mass is 274 g/mol. The SMILES string of the molecule is Cc1ncoc1C(=O)N(C)C(C)(C)CBr. The van der Waals surface area contributed by atoms with E-state index in [0.717, 1.165) is 0 Å². The van der Waals surface area contributed by atoms with Gasteiger partial charge in [0.2, 0.25) is 5.76 Å². The van der Waals surface area contributed by atoms with Crippen LogP contribution in [0.25, 0.3) is 0 Å². The Hall–Kier alpha value is -0.840. The van der Waals surface area contributed by atoms with E-state index in [1.807, 2.05) is 13.8 Å². The fraction of sp³-hybridized carbons (Fsp3) is 0.600. The molecular formula is C10H15BrN2O2. The molecule has 1 aromatic rings. The minimum Gasteiger partial charge on any atom is -0.438 e. The molecule has 1 amide bonds. The zero-order valence-corrected chi connectivity index (χ0v) is 11.0. The fourth-order valence-electron chi connectivity index (χ4n) is 1.02. The third-order valence-corrected chi connectivity index (χ3v) is 3.85. The van der Waals surface area contributed by atoms with Crippen molar-refractivity contribution in [1.29, 1.82) is 0 Å². The number of oxazole rings is 1. The molecule has 0 atom stereocenters. The molecule has 0 N–H and O–H groups in total. The predicted octanol–water partition coefficient (Wildman–Crippen LogP) is 2.23. The Bertz CT molecular complexity index is 360. The summed E-state index contributed by atoms with van der Waals surface area (Å²) in [5.41, 5.74) is 0.369. The van der Waals surface area contributed by atoms with Gasteiger partial charge in [-0.25, -0.2) is 4.98 Å². The number of halogens is 1. The average Bonchev–Trinajstić information content (AvgIpc) is 2.62. The molecule has 0 saturated carbocycles. The predicted molar refractivity (Wildman–Crippen MR) is 61.2 cm³/mol. The van der Waals surface area contributed by atoms with E-state index >= 15 is 0 Å². The molecule has 0 radical (unpaired) electrons. The van der Waals surface area contributed by atoms with E-state index < -0.39 is 0 Å². The van der Waals surface area contributed by atoms with Gasteiger partial charge in [0.25, 0.3) is 5.91 Å². The molecule has 0 aliphatic rings. The van der Waals surface area contributed by atoms with Gasteiger partial charge in [0, 0.05) is 17.9 Å². The number of hydrogen-bond donors (Lipinski definition) is 0. The second-order valence-electron chi connectivity index (χ2n) is 4.08. The third-order valence-electron chi connectivity index (χ3n) is 2.48. The van der Waals surface area contributed by atoms with E-state index in [1.54, 1.807) is 18.9 Å². The molecule has 0 aliphatic carbocycles. The summed E-state index contributed by atoms with van der Waals surface area (Å²) >= 11 is 3.38. The Labute approximate surface area is 97.8 Å². The van der Waals surface area contributed by atoms with Crippen molar-refractivity contribution >= 4 is 21.8 Å². The molecular weight excluding hydrogens is 260 g/mol. The van der Waals surface area contributed by atoms with Gasteiger partial charge >= 0.3 is 0 Å². The number of aryl methyl sites for hydroxylation is 1. The maximum atomic E-state index is 12.0. The van der Waals surface area contributed by atoms with Crippen molar-refractivity contribution in [3.8, 4) is 0 Å². The Balaban J connectivity index is 2.92. The summed E-state index contributed by atoms with van der Waals surface area (Å²) in [4.78, 5) is 17.6. The van der Waals surface area contributed by atoms with Crippen LogP contribution in [0.15, 0.2) is 10.8 Å². The number of aromatic nitrogens is 1. The first-order valence-corrected chi connectivity index (χ1v) is 5.76. The van der Waals surface area contributed by atoms with E-state index in [4.69, 9.17) is 4.42 Å². The molecule has 1 aromatic heterocycles. The Morgan fingerprint density at radius 3 is 2.67 bits per heavy atom. The Morgan fingerprint density at radius 1 is 1.67 bits per heavy atom. The van der Waals surface area contributed by atoms with Crippen molar-refractivity contribution in [2.24, 2.45) is 0 Å². The molecule has 0 spiro atoms. The minimum absolute atomic E-state index is 0.144. The first-order valence-electron chi connectivity index (χ1n) is 4.64. The zero-order chi connectivity index (χ0) is 11.6. The van der Waals surface area contributed by atoms with E-state index in [1.165, 1.54) is 6.39 Å². The quantitative estimate of drug-likeness (QED) is 0.795. The Morgan fingerprint density at radius 2 is 2.27 bits per heavy atom. The van der Waals surface area contributed by atoms with Crippen LogP contribution in [0.5, 0.6) is 0 Å². The number of nitrogens with zero attached hydrogens (tertiary/aromatic N) is 2. The molecule has 84 valence electrons. The summed E-state index contributed by atoms with van der Waals surface area (Å²) in [7, 11) is 1.76. The highest BCUT2D eigenvalue weighted by Crippen LogP contribution is 2.19. The first kappa shape index (κ1) is 12.2. The molecule has 0 fully saturated rings. The van der Waals surface area contributed by atoms with Crippen LogP contribution in [-0.2, 0) is 0 Å². The summed E-state index contributed by atoms with van der Waals surface area (Å²) in [5, 5.41) is 0.704. The average molecular weight is 275 g/mol. The summed E-state index contributed by atoms with van der Waals surface area (Å²) in [6.45, 7) is 5.71. The van der Waals surface area contributed by atoms with E-state index in [2.05, 4.69) is 20.9 Å². The minimum atomic E-state index is -0.254. The highest BCUT2D eigenvalue weighted by molar-refractivity contribution is 9.09. The maximum absolute atomic E-state index is 12.0. The molecule has 0 bridgehead atoms. The van der Waals surface area contributed by atoms with Crippen molar-refractivity contribution in [2.45, 2.75) is 26.3 Å². The van der Waals surface area contributed by atoms with Crippen LogP contribution in [0.1, 0.15) is 30.1 Å². The molecule has 0 aliphatic heterocycles. The number of carbonyl (C=O) groups excluding carboxylic acids is 1. The molecule has 4 nitrogen and oxygen atoms in total. The molecule has 1 heterocycles. The second-order valence-corrected chi connectivity index (χ2v) is 4.64. The summed E-state index contributed by atoms with van der Waals surface area (Å²) in [6.07, 6.45) is 1.29. The second kappa shape index (κ2) is 4.35. The zero-order valence-electron chi connectivity index (χ0n) is 9.37. The Kier molecular flexibility index (Phi) is 3.54. The lowest BCUT2D eigenvalue weighted by Crippen LogP contribution is -2.46. The fourth-order valence-corrected chi connectivity index (χ4v) is 1.40. The highest BCUT2D eigenvalue weighted by atomic mass is 79.9. The highest BCUT2D eigenvalue weighted by Gasteiger charge is 2.29. The standard InChI is InChI=1S/C10H15BrN2O2/c1-7-8(15-6-12-7)9(14)13(4)10(2,3)5-11/h6H,5H2,1-4H3. The van der Waals surface area contributed by atoms with Crippen LogP contribution < -0.4 is 0 Å². The van der Waals surface area contributed by atoms with Crippen molar-refractivity contribution < 1.29 is 9.21 Å². The van der Waals surface area contributed by atoms with Gasteiger partial charge in [-0.3, -0.25) is 4.79 Å². The van der Waals surface area contributed by atoms with Gasteiger partial charge in [0.15, 0.2) is 6.39 Å². The van der Waals surface area contributed by atoms with Crippen molar-refractivity contribution in [1.82, 2.24) is 9.88 Å². The maximum Gasteiger partial charge on any atom is 0.291 e. The topological polar surface area (TPSA) is 46.3 Å². The van der Waals surface area contributed by atoms with Crippen LogP contribution >= 0.6 is 15.9 Å². The number of hydrogen-bond acceptors (Lipinski definition) is 3. The smallest absolute Gasteiger partial charge is 0.291 e. The molecule has 0 saturated heterocycles. The number of amides is 1. The van der Waals surface area contributed by atoms with Crippen molar-refractivity contribution in [3.63, 3.8) is 0 Å². The van der Waals surface area contributed by atoms with Crippen molar-refractivity contribution in [2.75, 3.05) is 12.4 Å². The van der Waals surface area contributed by atoms with Gasteiger partial charge < -0.3 is 9.32 Å². The number of rotatable bonds is 3. The van der Waals surface area contributed by atoms with Crippen LogP contribution in [0, 0.1) is 6.92 Å². The summed E-state index contributed by atoms with van der Waals surface area (Å²) in [5.74, 6) is 0.168. The van der Waals surface area contributed by atoms with Crippen LogP contribution in [0.4, 0.5) is 0 Å². The van der Waals surface area contributed by atoms with Gasteiger partial charge in [-0.05, 0) is 20.8 Å². The molecule has 0 unspecified atom stereocenters. The van der Waals surface area contributed by atoms with E-state index in [-0.39, 0.29) is 11.4 Å². The molecule has 5 heteroatoms.